The van der Waals surface area contributed by atoms with Crippen molar-refractivity contribution >= 4 is 29.2 Å². The van der Waals surface area contributed by atoms with Crippen molar-refractivity contribution in [1.29, 1.82) is 0 Å². The Balaban J connectivity index is 1.77. The summed E-state index contributed by atoms with van der Waals surface area (Å²) in [6.45, 7) is 3.42. The Hall–Kier alpha value is -4.20. The molecule has 8 nitrogen and oxygen atoms in total. The molecule has 0 unspecified atom stereocenters. The molecule has 0 fully saturated rings. The highest BCUT2D eigenvalue weighted by Gasteiger charge is 2.17. The molecule has 0 atom stereocenters. The van der Waals surface area contributed by atoms with Gasteiger partial charge in [-0.05, 0) is 61.4 Å². The number of aromatic nitrogens is 1. The fraction of sp³-hybridized carbons (Fsp3) is 0.167. The van der Waals surface area contributed by atoms with E-state index in [4.69, 9.17) is 4.74 Å². The summed E-state index contributed by atoms with van der Waals surface area (Å²) in [6.07, 6.45) is 3.06. The summed E-state index contributed by atoms with van der Waals surface area (Å²) >= 11 is 0. The van der Waals surface area contributed by atoms with E-state index in [-0.39, 0.29) is 18.4 Å². The fourth-order valence-electron chi connectivity index (χ4n) is 2.97. The highest BCUT2D eigenvalue weighted by atomic mass is 16.6. The molecule has 1 aromatic heterocycles. The number of pyridine rings is 1. The van der Waals surface area contributed by atoms with E-state index in [9.17, 15) is 14.4 Å². The van der Waals surface area contributed by atoms with Crippen LogP contribution in [0.15, 0.2) is 60.9 Å². The van der Waals surface area contributed by atoms with Gasteiger partial charge in [0.1, 0.15) is 5.75 Å². The van der Waals surface area contributed by atoms with Crippen LogP contribution in [0.4, 0.5) is 11.4 Å². The molecule has 0 aliphatic rings. The zero-order valence-corrected chi connectivity index (χ0v) is 18.0. The van der Waals surface area contributed by atoms with Crippen molar-refractivity contribution in [2.45, 2.75) is 13.8 Å². The lowest BCUT2D eigenvalue weighted by Crippen LogP contribution is -2.19. The summed E-state index contributed by atoms with van der Waals surface area (Å²) in [7, 11) is 1.29. The number of methoxy groups -OCH3 is 1. The summed E-state index contributed by atoms with van der Waals surface area (Å²) < 4.78 is 9.92. The molecule has 0 radical (unpaired) electrons. The van der Waals surface area contributed by atoms with Gasteiger partial charge < -0.3 is 20.1 Å². The molecule has 8 heteroatoms. The number of nitrogens with zero attached hydrogens (tertiary/aromatic N) is 1. The van der Waals surface area contributed by atoms with Crippen molar-refractivity contribution in [2.75, 3.05) is 24.4 Å². The molecule has 0 aliphatic carbocycles. The molecule has 2 N–H and O–H groups in total. The number of rotatable bonds is 7. The average molecular weight is 433 g/mol. The first kappa shape index (κ1) is 22.5. The number of hydrogen-bond donors (Lipinski definition) is 2. The zero-order chi connectivity index (χ0) is 23.1. The van der Waals surface area contributed by atoms with Crippen LogP contribution in [-0.2, 0) is 9.53 Å². The van der Waals surface area contributed by atoms with Gasteiger partial charge in [0, 0.05) is 23.6 Å². The summed E-state index contributed by atoms with van der Waals surface area (Å²) in [4.78, 5) is 40.8. The topological polar surface area (TPSA) is 107 Å². The van der Waals surface area contributed by atoms with Crippen LogP contribution in [0.3, 0.4) is 0 Å². The second-order valence-electron chi connectivity index (χ2n) is 6.98. The van der Waals surface area contributed by atoms with Crippen molar-refractivity contribution in [1.82, 2.24) is 4.98 Å². The lowest BCUT2D eigenvalue weighted by Gasteiger charge is -2.15. The molecule has 2 amide bonds. The number of aryl methyl sites for hydroxylation is 2. The summed E-state index contributed by atoms with van der Waals surface area (Å²) in [5, 5.41) is 5.69. The number of para-hydroxylation sites is 1. The van der Waals surface area contributed by atoms with Crippen LogP contribution in [0.5, 0.6) is 5.75 Å². The minimum absolute atomic E-state index is 0.203. The molecule has 0 saturated carbocycles. The third-order valence-corrected chi connectivity index (χ3v) is 4.73. The average Bonchev–Trinajstić information content (AvgIpc) is 2.80. The molecule has 0 bridgehead atoms. The van der Waals surface area contributed by atoms with Crippen LogP contribution >= 0.6 is 0 Å². The van der Waals surface area contributed by atoms with Crippen LogP contribution in [0.2, 0.25) is 0 Å². The molecule has 2 aromatic carbocycles. The SMILES string of the molecule is COC(=O)COc1ccc(NC(=O)c2cccc(C)c2NC(=O)c2ccncc2)c(C)c1. The van der Waals surface area contributed by atoms with Gasteiger partial charge in [-0.3, -0.25) is 14.6 Å². The largest absolute Gasteiger partial charge is 0.482 e. The standard InChI is InChI=1S/C24H23N3O5/c1-15-5-4-6-19(22(15)27-23(29)17-9-11-25-12-10-17)24(30)26-20-8-7-18(13-16(20)2)32-14-21(28)31-3/h4-13H,14H2,1-3H3,(H,26,30)(H,27,29). The lowest BCUT2D eigenvalue weighted by molar-refractivity contribution is -0.142. The van der Waals surface area contributed by atoms with Gasteiger partial charge in [-0.15, -0.1) is 0 Å². The Morgan fingerprint density at radius 2 is 1.66 bits per heavy atom. The van der Waals surface area contributed by atoms with Gasteiger partial charge in [0.05, 0.1) is 18.4 Å². The minimum Gasteiger partial charge on any atom is -0.482 e. The van der Waals surface area contributed by atoms with E-state index < -0.39 is 5.97 Å². The summed E-state index contributed by atoms with van der Waals surface area (Å²) in [5.41, 5.74) is 3.28. The number of amides is 2. The Bertz CT molecular complexity index is 1150. The van der Waals surface area contributed by atoms with E-state index in [0.717, 1.165) is 11.1 Å². The van der Waals surface area contributed by atoms with E-state index in [2.05, 4.69) is 20.4 Å². The van der Waals surface area contributed by atoms with E-state index in [1.54, 1.807) is 42.5 Å². The summed E-state index contributed by atoms with van der Waals surface area (Å²) in [5.74, 6) is -0.711. The lowest BCUT2D eigenvalue weighted by atomic mass is 10.1. The maximum atomic E-state index is 13.0. The highest BCUT2D eigenvalue weighted by molar-refractivity contribution is 6.13. The quantitative estimate of drug-likeness (QED) is 0.550. The number of carbonyl (C=O) groups excluding carboxylic acids is 3. The Labute approximate surface area is 185 Å². The monoisotopic (exact) mass is 433 g/mol. The molecule has 1 heterocycles. The van der Waals surface area contributed by atoms with Gasteiger partial charge in [-0.25, -0.2) is 4.79 Å². The first-order chi connectivity index (χ1) is 15.4. The fourth-order valence-corrected chi connectivity index (χ4v) is 2.97. The number of benzene rings is 2. The second kappa shape index (κ2) is 10.2. The number of carbonyl (C=O) groups is 3. The van der Waals surface area contributed by atoms with Crippen molar-refractivity contribution in [2.24, 2.45) is 0 Å². The molecule has 0 saturated heterocycles. The van der Waals surface area contributed by atoms with E-state index in [1.807, 2.05) is 19.9 Å². The van der Waals surface area contributed by atoms with Crippen LogP contribution in [-0.4, -0.2) is 36.5 Å². The van der Waals surface area contributed by atoms with Crippen molar-refractivity contribution in [3.05, 3.63) is 83.2 Å². The number of hydrogen-bond acceptors (Lipinski definition) is 6. The Morgan fingerprint density at radius 1 is 0.906 bits per heavy atom. The normalized spacial score (nSPS) is 10.2. The Morgan fingerprint density at radius 3 is 2.34 bits per heavy atom. The number of nitrogens with one attached hydrogen (secondary N) is 2. The van der Waals surface area contributed by atoms with Gasteiger partial charge in [-0.1, -0.05) is 12.1 Å². The maximum Gasteiger partial charge on any atom is 0.343 e. The first-order valence-corrected chi connectivity index (χ1v) is 9.81. The van der Waals surface area contributed by atoms with Crippen molar-refractivity contribution in [3.8, 4) is 5.75 Å². The van der Waals surface area contributed by atoms with Crippen LogP contribution in [0.25, 0.3) is 0 Å². The molecule has 3 aromatic rings. The first-order valence-electron chi connectivity index (χ1n) is 9.81. The van der Waals surface area contributed by atoms with Gasteiger partial charge >= 0.3 is 5.97 Å². The van der Waals surface area contributed by atoms with Gasteiger partial charge in [0.2, 0.25) is 0 Å². The van der Waals surface area contributed by atoms with E-state index >= 15 is 0 Å². The molecule has 0 spiro atoms. The molecular formula is C24H23N3O5. The molecular weight excluding hydrogens is 410 g/mol. The van der Waals surface area contributed by atoms with Crippen LogP contribution < -0.4 is 15.4 Å². The van der Waals surface area contributed by atoms with Gasteiger partial charge in [0.15, 0.2) is 6.61 Å². The predicted molar refractivity (Wildman–Crippen MR) is 120 cm³/mol. The minimum atomic E-state index is -0.485. The number of ether oxygens (including phenoxy) is 2. The van der Waals surface area contributed by atoms with Gasteiger partial charge in [-0.2, -0.15) is 0 Å². The molecule has 0 aliphatic heterocycles. The predicted octanol–water partition coefficient (Wildman–Crippen LogP) is 3.75. The molecule has 164 valence electrons. The molecule has 32 heavy (non-hydrogen) atoms. The highest BCUT2D eigenvalue weighted by Crippen LogP contribution is 2.25. The Kier molecular flexibility index (Phi) is 7.17. The maximum absolute atomic E-state index is 13.0. The van der Waals surface area contributed by atoms with Crippen LogP contribution in [0, 0.1) is 13.8 Å². The van der Waals surface area contributed by atoms with Gasteiger partial charge in [0.25, 0.3) is 11.8 Å². The third-order valence-electron chi connectivity index (χ3n) is 4.73. The van der Waals surface area contributed by atoms with Crippen molar-refractivity contribution < 1.29 is 23.9 Å². The number of anilines is 2. The van der Waals surface area contributed by atoms with Crippen LogP contribution in [0.1, 0.15) is 31.8 Å². The van der Waals surface area contributed by atoms with Crippen molar-refractivity contribution in [3.63, 3.8) is 0 Å². The summed E-state index contributed by atoms with van der Waals surface area (Å²) in [6, 6.07) is 13.5. The second-order valence-corrected chi connectivity index (χ2v) is 6.98. The molecule has 3 rings (SSSR count). The zero-order valence-electron chi connectivity index (χ0n) is 18.0. The van der Waals surface area contributed by atoms with E-state index in [1.165, 1.54) is 19.5 Å². The smallest absolute Gasteiger partial charge is 0.343 e. The third kappa shape index (κ3) is 5.48. The van der Waals surface area contributed by atoms with E-state index in [0.29, 0.717) is 28.3 Å². The number of esters is 1.